The van der Waals surface area contributed by atoms with Crippen LogP contribution in [0.3, 0.4) is 0 Å². The third-order valence-electron chi connectivity index (χ3n) is 5.34. The molecule has 138 valence electrons. The van der Waals surface area contributed by atoms with E-state index in [-0.39, 0.29) is 11.6 Å². The summed E-state index contributed by atoms with van der Waals surface area (Å²) >= 11 is 0. The second-order valence-electron chi connectivity index (χ2n) is 7.22. The number of ether oxygens (including phenoxy) is 1. The van der Waals surface area contributed by atoms with E-state index in [0.717, 1.165) is 38.2 Å². The Morgan fingerprint density at radius 2 is 2.08 bits per heavy atom. The molecule has 6 nitrogen and oxygen atoms in total. The molecule has 0 bridgehead atoms. The molecule has 2 atom stereocenters. The van der Waals surface area contributed by atoms with Crippen LogP contribution in [0.2, 0.25) is 0 Å². The van der Waals surface area contributed by atoms with Crippen LogP contribution >= 0.6 is 0 Å². The summed E-state index contributed by atoms with van der Waals surface area (Å²) in [5.41, 5.74) is 1.23. The van der Waals surface area contributed by atoms with Gasteiger partial charge in [0, 0.05) is 25.2 Å². The minimum absolute atomic E-state index is 0.0888. The molecule has 2 saturated heterocycles. The van der Waals surface area contributed by atoms with Crippen LogP contribution < -0.4 is 15.4 Å². The monoisotopic (exact) mass is 354 g/mol. The number of anilines is 2. The first-order valence-electron chi connectivity index (χ1n) is 9.47. The van der Waals surface area contributed by atoms with Crippen molar-refractivity contribution in [3.05, 3.63) is 52.3 Å². The van der Waals surface area contributed by atoms with E-state index in [4.69, 9.17) is 9.72 Å². The van der Waals surface area contributed by atoms with E-state index >= 15 is 0 Å². The molecule has 1 aromatic carbocycles. The lowest BCUT2D eigenvalue weighted by molar-refractivity contribution is 0.0985. The van der Waals surface area contributed by atoms with Crippen molar-refractivity contribution in [1.82, 2.24) is 9.97 Å². The highest BCUT2D eigenvalue weighted by molar-refractivity contribution is 5.46. The molecule has 3 heterocycles. The molecule has 2 aliphatic rings. The maximum atomic E-state index is 12.3. The van der Waals surface area contributed by atoms with Crippen LogP contribution in [0.1, 0.15) is 25.3 Å². The van der Waals surface area contributed by atoms with Crippen LogP contribution in [0, 0.1) is 0 Å². The molecule has 1 aromatic heterocycles. The zero-order valence-corrected chi connectivity index (χ0v) is 15.2. The first kappa shape index (κ1) is 17.1. The lowest BCUT2D eigenvalue weighted by atomic mass is 10.0. The molecule has 0 unspecified atom stereocenters. The number of nitrogens with one attached hydrogen (secondary N) is 1. The van der Waals surface area contributed by atoms with Gasteiger partial charge in [-0.3, -0.25) is 9.78 Å². The standard InChI is InChI=1S/C20H26N4O2/c1-15-14-26-11-10-23(15)18-13-19(25)22-20(21-18)24-9-5-8-17(24)12-16-6-3-2-4-7-16/h2-4,6-7,13,15,17H,5,8-12,14H2,1H3,(H,21,22,25)/t15-,17+/m1/s1. The molecule has 0 amide bonds. The summed E-state index contributed by atoms with van der Waals surface area (Å²) in [6, 6.07) is 12.7. The van der Waals surface area contributed by atoms with Gasteiger partial charge in [0.05, 0.1) is 19.3 Å². The van der Waals surface area contributed by atoms with Crippen molar-refractivity contribution in [3.63, 3.8) is 0 Å². The van der Waals surface area contributed by atoms with Crippen LogP contribution in [0.4, 0.5) is 11.8 Å². The molecule has 6 heteroatoms. The second kappa shape index (κ2) is 7.50. The number of rotatable bonds is 4. The normalized spacial score (nSPS) is 23.4. The van der Waals surface area contributed by atoms with Crippen molar-refractivity contribution in [2.75, 3.05) is 36.1 Å². The first-order valence-corrected chi connectivity index (χ1v) is 9.47. The van der Waals surface area contributed by atoms with Crippen molar-refractivity contribution >= 4 is 11.8 Å². The van der Waals surface area contributed by atoms with E-state index in [1.165, 1.54) is 5.56 Å². The molecule has 26 heavy (non-hydrogen) atoms. The Kier molecular flexibility index (Phi) is 4.93. The van der Waals surface area contributed by atoms with Crippen LogP contribution in [0.5, 0.6) is 0 Å². The smallest absolute Gasteiger partial charge is 0.254 e. The Morgan fingerprint density at radius 3 is 2.88 bits per heavy atom. The third-order valence-corrected chi connectivity index (χ3v) is 5.34. The Labute approximate surface area is 153 Å². The fraction of sp³-hybridized carbons (Fsp3) is 0.500. The Hall–Kier alpha value is -2.34. The summed E-state index contributed by atoms with van der Waals surface area (Å²) in [5, 5.41) is 0. The molecule has 2 aromatic rings. The lowest BCUT2D eigenvalue weighted by Gasteiger charge is -2.35. The highest BCUT2D eigenvalue weighted by Gasteiger charge is 2.28. The van der Waals surface area contributed by atoms with Gasteiger partial charge in [0.2, 0.25) is 5.95 Å². The van der Waals surface area contributed by atoms with Crippen molar-refractivity contribution in [2.45, 2.75) is 38.3 Å². The molecular formula is C20H26N4O2. The molecule has 4 rings (SSSR count). The summed E-state index contributed by atoms with van der Waals surface area (Å²) in [4.78, 5) is 24.5. The zero-order chi connectivity index (χ0) is 17.9. The average Bonchev–Trinajstić information content (AvgIpc) is 3.10. The van der Waals surface area contributed by atoms with Gasteiger partial charge in [-0.1, -0.05) is 30.3 Å². The van der Waals surface area contributed by atoms with Gasteiger partial charge in [0.25, 0.3) is 5.56 Å². The number of H-pyrrole nitrogens is 1. The number of benzene rings is 1. The summed E-state index contributed by atoms with van der Waals surface area (Å²) in [6.45, 7) is 5.15. The Balaban J connectivity index is 1.59. The van der Waals surface area contributed by atoms with Gasteiger partial charge in [-0.25, -0.2) is 0 Å². The summed E-state index contributed by atoms with van der Waals surface area (Å²) in [7, 11) is 0. The SMILES string of the molecule is C[C@@H]1COCCN1c1cc(=O)[nH]c(N2CCC[C@H]2Cc2ccccc2)n1. The maximum absolute atomic E-state index is 12.3. The molecule has 0 radical (unpaired) electrons. The average molecular weight is 354 g/mol. The van der Waals surface area contributed by atoms with Crippen molar-refractivity contribution in [2.24, 2.45) is 0 Å². The highest BCUT2D eigenvalue weighted by Crippen LogP contribution is 2.26. The van der Waals surface area contributed by atoms with Gasteiger partial charge in [-0.15, -0.1) is 0 Å². The molecule has 2 aliphatic heterocycles. The number of hydrogen-bond acceptors (Lipinski definition) is 5. The van der Waals surface area contributed by atoms with E-state index in [0.29, 0.717) is 25.2 Å². The summed E-state index contributed by atoms with van der Waals surface area (Å²) < 4.78 is 5.51. The molecule has 0 spiro atoms. The first-order chi connectivity index (χ1) is 12.7. The molecule has 0 aliphatic carbocycles. The Morgan fingerprint density at radius 1 is 1.23 bits per heavy atom. The van der Waals surface area contributed by atoms with Crippen LogP contribution in [0.25, 0.3) is 0 Å². The number of nitrogens with zero attached hydrogens (tertiary/aromatic N) is 3. The third kappa shape index (κ3) is 3.60. The summed E-state index contributed by atoms with van der Waals surface area (Å²) in [6.07, 6.45) is 3.22. The van der Waals surface area contributed by atoms with Crippen LogP contribution in [-0.2, 0) is 11.2 Å². The van der Waals surface area contributed by atoms with Gasteiger partial charge in [-0.2, -0.15) is 4.98 Å². The van der Waals surface area contributed by atoms with Gasteiger partial charge < -0.3 is 14.5 Å². The molecule has 0 saturated carbocycles. The van der Waals surface area contributed by atoms with Gasteiger partial charge in [0.1, 0.15) is 5.82 Å². The molecule has 2 fully saturated rings. The van der Waals surface area contributed by atoms with Crippen molar-refractivity contribution in [1.29, 1.82) is 0 Å². The van der Waals surface area contributed by atoms with E-state index in [9.17, 15) is 4.79 Å². The minimum Gasteiger partial charge on any atom is -0.377 e. The largest absolute Gasteiger partial charge is 0.377 e. The van der Waals surface area contributed by atoms with Crippen molar-refractivity contribution < 1.29 is 4.74 Å². The quantitative estimate of drug-likeness (QED) is 0.912. The lowest BCUT2D eigenvalue weighted by Crippen LogP contribution is -2.45. The van der Waals surface area contributed by atoms with E-state index in [1.807, 2.05) is 6.07 Å². The number of aromatic nitrogens is 2. The topological polar surface area (TPSA) is 61.5 Å². The zero-order valence-electron chi connectivity index (χ0n) is 15.2. The Bertz CT molecular complexity index is 792. The van der Waals surface area contributed by atoms with E-state index in [1.54, 1.807) is 6.07 Å². The predicted octanol–water partition coefficient (Wildman–Crippen LogP) is 2.21. The van der Waals surface area contributed by atoms with E-state index < -0.39 is 0 Å². The second-order valence-corrected chi connectivity index (χ2v) is 7.22. The fourth-order valence-electron chi connectivity index (χ4n) is 4.00. The molecular weight excluding hydrogens is 328 g/mol. The minimum atomic E-state index is -0.0888. The summed E-state index contributed by atoms with van der Waals surface area (Å²) in [5.74, 6) is 1.45. The molecule has 1 N–H and O–H groups in total. The number of hydrogen-bond donors (Lipinski definition) is 1. The highest BCUT2D eigenvalue weighted by atomic mass is 16.5. The number of morpholine rings is 1. The van der Waals surface area contributed by atoms with E-state index in [2.05, 4.69) is 46.0 Å². The number of aromatic amines is 1. The van der Waals surface area contributed by atoms with Crippen molar-refractivity contribution in [3.8, 4) is 0 Å². The van der Waals surface area contributed by atoms with Gasteiger partial charge >= 0.3 is 0 Å². The van der Waals surface area contributed by atoms with Gasteiger partial charge in [0.15, 0.2) is 0 Å². The van der Waals surface area contributed by atoms with Gasteiger partial charge in [-0.05, 0) is 31.7 Å². The maximum Gasteiger partial charge on any atom is 0.254 e. The fourth-order valence-corrected chi connectivity index (χ4v) is 4.00. The van der Waals surface area contributed by atoms with Crippen LogP contribution in [0.15, 0.2) is 41.2 Å². The predicted molar refractivity (Wildman–Crippen MR) is 103 cm³/mol. The van der Waals surface area contributed by atoms with Crippen LogP contribution in [-0.4, -0.2) is 48.4 Å².